The van der Waals surface area contributed by atoms with Crippen LogP contribution in [0.4, 0.5) is 11.4 Å². The van der Waals surface area contributed by atoms with Gasteiger partial charge in [0.15, 0.2) is 0 Å². The summed E-state index contributed by atoms with van der Waals surface area (Å²) in [5.74, 6) is 2.77. The molecule has 174 valence electrons. The molecule has 4 bridgehead atoms. The minimum Gasteiger partial charge on any atom is -0.378 e. The fourth-order valence-electron chi connectivity index (χ4n) is 7.39. The van der Waals surface area contributed by atoms with Crippen LogP contribution in [-0.2, 0) is 4.79 Å². The molecular formula is C27H33N3O2S. The lowest BCUT2D eigenvalue weighted by Gasteiger charge is -2.57. The number of carbonyl (C=O) groups is 2. The number of hydrogen-bond acceptors (Lipinski definition) is 4. The van der Waals surface area contributed by atoms with Crippen molar-refractivity contribution in [3.63, 3.8) is 0 Å². The van der Waals surface area contributed by atoms with Gasteiger partial charge in [-0.15, -0.1) is 11.3 Å². The van der Waals surface area contributed by atoms with Crippen molar-refractivity contribution in [3.8, 4) is 0 Å². The Morgan fingerprint density at radius 1 is 0.879 bits per heavy atom. The van der Waals surface area contributed by atoms with Gasteiger partial charge in [-0.05, 0) is 92.7 Å². The van der Waals surface area contributed by atoms with Crippen LogP contribution in [0.15, 0.2) is 41.8 Å². The Bertz CT molecular complexity index is 990. The number of piperidine rings is 1. The fraction of sp³-hybridized carbons (Fsp3) is 0.556. The summed E-state index contributed by atoms with van der Waals surface area (Å²) >= 11 is 1.48. The van der Waals surface area contributed by atoms with Gasteiger partial charge in [-0.2, -0.15) is 0 Å². The monoisotopic (exact) mass is 463 g/mol. The number of benzene rings is 1. The Kier molecular flexibility index (Phi) is 5.44. The van der Waals surface area contributed by atoms with Crippen LogP contribution in [-0.4, -0.2) is 35.3 Å². The van der Waals surface area contributed by atoms with Crippen molar-refractivity contribution >= 4 is 34.5 Å². The van der Waals surface area contributed by atoms with Crippen molar-refractivity contribution in [1.29, 1.82) is 0 Å². The summed E-state index contributed by atoms with van der Waals surface area (Å²) in [4.78, 5) is 28.4. The molecule has 2 aromatic rings. The molecule has 6 heteroatoms. The van der Waals surface area contributed by atoms with Crippen LogP contribution in [0.5, 0.6) is 0 Å². The van der Waals surface area contributed by atoms with Crippen LogP contribution in [0.3, 0.4) is 0 Å². The minimum atomic E-state index is -0.0509. The van der Waals surface area contributed by atoms with Crippen LogP contribution >= 0.6 is 11.3 Å². The lowest BCUT2D eigenvalue weighted by molar-refractivity contribution is -0.121. The summed E-state index contributed by atoms with van der Waals surface area (Å²) in [7, 11) is 0. The first kappa shape index (κ1) is 21.2. The molecule has 2 heterocycles. The molecule has 0 radical (unpaired) electrons. The number of nitrogens with one attached hydrogen (secondary N) is 2. The van der Waals surface area contributed by atoms with E-state index in [0.717, 1.165) is 34.0 Å². The van der Waals surface area contributed by atoms with Crippen molar-refractivity contribution < 1.29 is 9.59 Å². The summed E-state index contributed by atoms with van der Waals surface area (Å²) in [6.45, 7) is 1.28. The summed E-state index contributed by atoms with van der Waals surface area (Å²) in [6.07, 6.45) is 9.53. The second-order valence-electron chi connectivity index (χ2n) is 10.9. The molecule has 1 aromatic carbocycles. The highest BCUT2D eigenvalue weighted by molar-refractivity contribution is 7.12. The summed E-state index contributed by atoms with van der Waals surface area (Å²) in [6, 6.07) is 12.0. The molecule has 5 nitrogen and oxygen atoms in total. The lowest BCUT2D eigenvalue weighted by atomic mass is 9.53. The third-order valence-electron chi connectivity index (χ3n) is 8.51. The zero-order chi connectivity index (χ0) is 22.4. The van der Waals surface area contributed by atoms with Gasteiger partial charge >= 0.3 is 0 Å². The van der Waals surface area contributed by atoms with Crippen LogP contribution in [0.25, 0.3) is 0 Å². The number of hydrogen-bond donors (Lipinski definition) is 2. The van der Waals surface area contributed by atoms with E-state index < -0.39 is 0 Å². The molecule has 0 unspecified atom stereocenters. The van der Waals surface area contributed by atoms with E-state index in [9.17, 15) is 9.59 Å². The van der Waals surface area contributed by atoms with Crippen LogP contribution in [0, 0.1) is 23.7 Å². The van der Waals surface area contributed by atoms with Crippen LogP contribution in [0.1, 0.15) is 61.0 Å². The fourth-order valence-corrected chi connectivity index (χ4v) is 8.08. The Balaban J connectivity index is 1.10. The van der Waals surface area contributed by atoms with E-state index in [4.69, 9.17) is 0 Å². The SMILES string of the molecule is O=C(Nc1ccccc1NC12CC3CC(CC(C3)C1)C2)C1CCN(C(=O)c2cccs2)CC1. The molecule has 33 heavy (non-hydrogen) atoms. The van der Waals surface area contributed by atoms with Crippen molar-refractivity contribution in [3.05, 3.63) is 46.7 Å². The molecular weight excluding hydrogens is 430 g/mol. The zero-order valence-electron chi connectivity index (χ0n) is 19.1. The maximum absolute atomic E-state index is 13.1. The predicted molar refractivity (Wildman–Crippen MR) is 133 cm³/mol. The lowest BCUT2D eigenvalue weighted by Crippen LogP contribution is -2.54. The molecule has 0 spiro atoms. The molecule has 5 fully saturated rings. The molecule has 1 saturated heterocycles. The van der Waals surface area contributed by atoms with E-state index in [1.807, 2.05) is 34.5 Å². The maximum atomic E-state index is 13.1. The predicted octanol–water partition coefficient (Wildman–Crippen LogP) is 5.62. The van der Waals surface area contributed by atoms with Gasteiger partial charge in [0.1, 0.15) is 0 Å². The van der Waals surface area contributed by atoms with Gasteiger partial charge in [0, 0.05) is 24.5 Å². The van der Waals surface area contributed by atoms with Gasteiger partial charge in [-0.25, -0.2) is 0 Å². The van der Waals surface area contributed by atoms with Crippen molar-refractivity contribution in [1.82, 2.24) is 4.90 Å². The highest BCUT2D eigenvalue weighted by atomic mass is 32.1. The Labute approximate surface area is 199 Å². The highest BCUT2D eigenvalue weighted by Gasteiger charge is 2.51. The number of anilines is 2. The average molecular weight is 464 g/mol. The zero-order valence-corrected chi connectivity index (χ0v) is 19.9. The second-order valence-corrected chi connectivity index (χ2v) is 11.8. The highest BCUT2D eigenvalue weighted by Crippen LogP contribution is 2.56. The first-order valence-electron chi connectivity index (χ1n) is 12.6. The Morgan fingerprint density at radius 3 is 2.12 bits per heavy atom. The second kappa shape index (κ2) is 8.46. The van der Waals surface area contributed by atoms with E-state index >= 15 is 0 Å². The first-order chi connectivity index (χ1) is 16.1. The number of rotatable bonds is 5. The quantitative estimate of drug-likeness (QED) is 0.605. The van der Waals surface area contributed by atoms with Crippen molar-refractivity contribution in [2.24, 2.45) is 23.7 Å². The van der Waals surface area contributed by atoms with Gasteiger partial charge in [0.25, 0.3) is 5.91 Å². The molecule has 4 aliphatic carbocycles. The molecule has 1 aliphatic heterocycles. The normalized spacial score (nSPS) is 30.9. The third-order valence-corrected chi connectivity index (χ3v) is 9.37. The molecule has 1 aromatic heterocycles. The number of likely N-dealkylation sites (tertiary alicyclic amines) is 1. The maximum Gasteiger partial charge on any atom is 0.263 e. The number of para-hydroxylation sites is 2. The van der Waals surface area contributed by atoms with Gasteiger partial charge in [-0.3, -0.25) is 9.59 Å². The molecule has 5 aliphatic rings. The van der Waals surface area contributed by atoms with Gasteiger partial charge < -0.3 is 15.5 Å². The number of amides is 2. The molecule has 7 rings (SSSR count). The van der Waals surface area contributed by atoms with Gasteiger partial charge in [0.2, 0.25) is 5.91 Å². The van der Waals surface area contributed by atoms with E-state index in [-0.39, 0.29) is 23.3 Å². The van der Waals surface area contributed by atoms with E-state index in [0.29, 0.717) is 25.9 Å². The summed E-state index contributed by atoms with van der Waals surface area (Å²) < 4.78 is 0. The minimum absolute atomic E-state index is 0.0509. The summed E-state index contributed by atoms with van der Waals surface area (Å²) in [5, 5.41) is 9.10. The van der Waals surface area contributed by atoms with E-state index in [1.165, 1.54) is 49.9 Å². The van der Waals surface area contributed by atoms with E-state index in [1.54, 1.807) is 0 Å². The van der Waals surface area contributed by atoms with Crippen molar-refractivity contribution in [2.75, 3.05) is 23.7 Å². The first-order valence-corrected chi connectivity index (χ1v) is 13.5. The molecule has 2 amide bonds. The smallest absolute Gasteiger partial charge is 0.263 e. The van der Waals surface area contributed by atoms with Crippen LogP contribution < -0.4 is 10.6 Å². The largest absolute Gasteiger partial charge is 0.378 e. The number of carbonyl (C=O) groups excluding carboxylic acids is 2. The Hall–Kier alpha value is -2.34. The molecule has 4 saturated carbocycles. The summed E-state index contributed by atoms with van der Waals surface area (Å²) in [5.41, 5.74) is 2.18. The standard InChI is InChI=1S/C27H33N3O2S/c31-25(21-7-9-30(10-8-21)26(32)24-6-3-11-33-24)28-22-4-1-2-5-23(22)29-27-15-18-12-19(16-27)14-20(13-18)17-27/h1-6,11,18-21,29H,7-10,12-17H2,(H,28,31). The number of thiophene rings is 1. The van der Waals surface area contributed by atoms with Crippen LogP contribution in [0.2, 0.25) is 0 Å². The van der Waals surface area contributed by atoms with Crippen molar-refractivity contribution in [2.45, 2.75) is 56.9 Å². The van der Waals surface area contributed by atoms with Gasteiger partial charge in [0.05, 0.1) is 16.3 Å². The Morgan fingerprint density at radius 2 is 1.52 bits per heavy atom. The molecule has 0 atom stereocenters. The number of nitrogens with zero attached hydrogens (tertiary/aromatic N) is 1. The third kappa shape index (κ3) is 4.18. The topological polar surface area (TPSA) is 61.4 Å². The average Bonchev–Trinajstić information content (AvgIpc) is 3.34. The van der Waals surface area contributed by atoms with E-state index in [2.05, 4.69) is 22.8 Å². The van der Waals surface area contributed by atoms with Gasteiger partial charge in [-0.1, -0.05) is 18.2 Å². The molecule has 2 N–H and O–H groups in total.